The van der Waals surface area contributed by atoms with Crippen molar-refractivity contribution in [3.8, 4) is 0 Å². The monoisotopic (exact) mass is 415 g/mol. The molecule has 0 bridgehead atoms. The van der Waals surface area contributed by atoms with Crippen molar-refractivity contribution >= 4 is 10.8 Å². The summed E-state index contributed by atoms with van der Waals surface area (Å²) in [5, 5.41) is 6.42. The fourth-order valence-corrected chi connectivity index (χ4v) is 9.49. The van der Waals surface area contributed by atoms with Gasteiger partial charge in [0.25, 0.3) is 0 Å². The van der Waals surface area contributed by atoms with Gasteiger partial charge in [-0.1, -0.05) is 56.3 Å². The molecule has 1 heteroatoms. The standard InChI is InChI=1S/C30H41N/c1-29-16-14-24(31-3)19-23(29)10-11-25-27-13-12-26(30(27,2)17-15-28(25)29)22-9-8-20-6-4-5-7-21(20)18-22/h4-9,18,23-28,31H,10-17,19H2,1-3H3/t23-,24+,25-,26+,27-,28-,29-,30+/m0/s1. The highest BCUT2D eigenvalue weighted by Gasteiger charge is 2.60. The maximum atomic E-state index is 3.61. The number of rotatable bonds is 2. The van der Waals surface area contributed by atoms with Gasteiger partial charge in [0.15, 0.2) is 0 Å². The van der Waals surface area contributed by atoms with Crippen LogP contribution in [0.5, 0.6) is 0 Å². The second-order valence-corrected chi connectivity index (χ2v) is 12.2. The number of fused-ring (bicyclic) bond motifs is 6. The van der Waals surface area contributed by atoms with Gasteiger partial charge < -0.3 is 5.32 Å². The summed E-state index contributed by atoms with van der Waals surface area (Å²) in [7, 11) is 2.18. The second-order valence-electron chi connectivity index (χ2n) is 12.2. The third-order valence-corrected chi connectivity index (χ3v) is 11.2. The molecule has 4 aliphatic rings. The van der Waals surface area contributed by atoms with E-state index in [9.17, 15) is 0 Å². The van der Waals surface area contributed by atoms with Gasteiger partial charge in [0.2, 0.25) is 0 Å². The molecule has 0 saturated heterocycles. The number of nitrogens with one attached hydrogen (secondary N) is 1. The van der Waals surface area contributed by atoms with Crippen molar-refractivity contribution in [1.29, 1.82) is 0 Å². The van der Waals surface area contributed by atoms with Gasteiger partial charge in [-0.2, -0.15) is 0 Å². The topological polar surface area (TPSA) is 12.0 Å². The van der Waals surface area contributed by atoms with E-state index in [1.807, 2.05) is 0 Å². The van der Waals surface area contributed by atoms with E-state index in [1.54, 1.807) is 5.56 Å². The summed E-state index contributed by atoms with van der Waals surface area (Å²) in [4.78, 5) is 0. The Morgan fingerprint density at radius 2 is 1.55 bits per heavy atom. The summed E-state index contributed by atoms with van der Waals surface area (Å²) >= 11 is 0. The maximum absolute atomic E-state index is 3.61. The highest BCUT2D eigenvalue weighted by atomic mass is 14.9. The van der Waals surface area contributed by atoms with E-state index < -0.39 is 0 Å². The van der Waals surface area contributed by atoms with Crippen molar-refractivity contribution in [2.24, 2.45) is 34.5 Å². The molecular formula is C30H41N. The second kappa shape index (κ2) is 7.34. The van der Waals surface area contributed by atoms with Gasteiger partial charge in [-0.15, -0.1) is 0 Å². The van der Waals surface area contributed by atoms with E-state index in [2.05, 4.69) is 68.7 Å². The van der Waals surface area contributed by atoms with Crippen LogP contribution in [0.3, 0.4) is 0 Å². The molecule has 0 heterocycles. The molecule has 2 aromatic rings. The molecule has 0 aliphatic heterocycles. The molecule has 4 aliphatic carbocycles. The Morgan fingerprint density at radius 1 is 0.774 bits per heavy atom. The third kappa shape index (κ3) is 2.98. The lowest BCUT2D eigenvalue weighted by Crippen LogP contribution is -2.54. The molecule has 2 aromatic carbocycles. The summed E-state index contributed by atoms with van der Waals surface area (Å²) in [5.41, 5.74) is 2.74. The molecule has 0 amide bonds. The lowest BCUT2D eigenvalue weighted by molar-refractivity contribution is -0.109. The van der Waals surface area contributed by atoms with Gasteiger partial charge in [-0.3, -0.25) is 0 Å². The molecule has 0 spiro atoms. The zero-order valence-electron chi connectivity index (χ0n) is 19.9. The first-order chi connectivity index (χ1) is 15.0. The minimum absolute atomic E-state index is 0.509. The SMILES string of the molecule is CN[C@@H]1CC[C@@]2(C)[C@@H](CC[C@@H]3[C@@H]2CC[C@]2(C)[C@@H](c4ccc5ccccc5c4)CC[C@@H]32)C1. The van der Waals surface area contributed by atoms with E-state index in [1.165, 1.54) is 68.6 Å². The normalized spacial score (nSPS) is 44.5. The Bertz CT molecular complexity index is 964. The number of benzene rings is 2. The van der Waals surface area contributed by atoms with Gasteiger partial charge in [0.1, 0.15) is 0 Å². The molecule has 6 rings (SSSR count). The Labute approximate surface area is 189 Å². The van der Waals surface area contributed by atoms with Crippen molar-refractivity contribution < 1.29 is 0 Å². The van der Waals surface area contributed by atoms with Gasteiger partial charge in [-0.05, 0) is 122 Å². The van der Waals surface area contributed by atoms with E-state index in [0.717, 1.165) is 35.6 Å². The van der Waals surface area contributed by atoms with Crippen molar-refractivity contribution in [2.75, 3.05) is 7.05 Å². The quantitative estimate of drug-likeness (QED) is 0.534. The average Bonchev–Trinajstić information content (AvgIpc) is 3.15. The van der Waals surface area contributed by atoms with Crippen molar-refractivity contribution in [3.63, 3.8) is 0 Å². The minimum Gasteiger partial charge on any atom is -0.317 e. The molecule has 4 saturated carbocycles. The molecule has 0 radical (unpaired) electrons. The van der Waals surface area contributed by atoms with E-state index in [4.69, 9.17) is 0 Å². The van der Waals surface area contributed by atoms with Gasteiger partial charge >= 0.3 is 0 Å². The Kier molecular flexibility index (Phi) is 4.80. The van der Waals surface area contributed by atoms with Crippen molar-refractivity contribution in [2.45, 2.75) is 83.6 Å². The van der Waals surface area contributed by atoms with Crippen molar-refractivity contribution in [1.82, 2.24) is 5.32 Å². The molecule has 0 unspecified atom stereocenters. The first-order valence-electron chi connectivity index (χ1n) is 13.2. The van der Waals surface area contributed by atoms with Crippen LogP contribution in [-0.4, -0.2) is 13.1 Å². The fraction of sp³-hybridized carbons (Fsp3) is 0.667. The van der Waals surface area contributed by atoms with Crippen LogP contribution in [0.2, 0.25) is 0 Å². The first kappa shape index (κ1) is 20.3. The largest absolute Gasteiger partial charge is 0.317 e. The van der Waals surface area contributed by atoms with Crippen LogP contribution in [0.1, 0.15) is 83.1 Å². The smallest absolute Gasteiger partial charge is 0.00671 e. The number of hydrogen-bond acceptors (Lipinski definition) is 1. The fourth-order valence-electron chi connectivity index (χ4n) is 9.49. The van der Waals surface area contributed by atoms with E-state index >= 15 is 0 Å². The first-order valence-corrected chi connectivity index (χ1v) is 13.2. The van der Waals surface area contributed by atoms with Crippen LogP contribution in [0.25, 0.3) is 10.8 Å². The Hall–Kier alpha value is -1.34. The third-order valence-electron chi connectivity index (χ3n) is 11.2. The van der Waals surface area contributed by atoms with Crippen LogP contribution in [0.15, 0.2) is 42.5 Å². The van der Waals surface area contributed by atoms with Crippen molar-refractivity contribution in [3.05, 3.63) is 48.0 Å². The van der Waals surface area contributed by atoms with Gasteiger partial charge in [0, 0.05) is 6.04 Å². The molecular weight excluding hydrogens is 374 g/mol. The molecule has 0 aromatic heterocycles. The Morgan fingerprint density at radius 3 is 2.39 bits per heavy atom. The van der Waals surface area contributed by atoms with Crippen LogP contribution in [0, 0.1) is 34.5 Å². The minimum atomic E-state index is 0.509. The molecule has 1 N–H and O–H groups in total. The Balaban J connectivity index is 1.28. The molecule has 4 fully saturated rings. The van der Waals surface area contributed by atoms with Crippen LogP contribution in [-0.2, 0) is 0 Å². The molecule has 8 atom stereocenters. The van der Waals surface area contributed by atoms with Crippen LogP contribution in [0.4, 0.5) is 0 Å². The predicted octanol–water partition coefficient (Wildman–Crippen LogP) is 7.55. The summed E-state index contributed by atoms with van der Waals surface area (Å²) < 4.78 is 0. The van der Waals surface area contributed by atoms with Crippen LogP contribution < -0.4 is 5.32 Å². The van der Waals surface area contributed by atoms with E-state index in [-0.39, 0.29) is 0 Å². The predicted molar refractivity (Wildman–Crippen MR) is 131 cm³/mol. The molecule has 1 nitrogen and oxygen atoms in total. The summed E-state index contributed by atoms with van der Waals surface area (Å²) in [6, 6.07) is 17.0. The number of hydrogen-bond donors (Lipinski definition) is 1. The highest BCUT2D eigenvalue weighted by Crippen LogP contribution is 2.69. The highest BCUT2D eigenvalue weighted by molar-refractivity contribution is 5.83. The van der Waals surface area contributed by atoms with E-state index in [0.29, 0.717) is 10.8 Å². The lowest BCUT2D eigenvalue weighted by atomic mass is 9.44. The average molecular weight is 416 g/mol. The van der Waals surface area contributed by atoms with Gasteiger partial charge in [-0.25, -0.2) is 0 Å². The molecule has 166 valence electrons. The summed E-state index contributed by atoms with van der Waals surface area (Å²) in [6.45, 7) is 5.39. The van der Waals surface area contributed by atoms with Crippen LogP contribution >= 0.6 is 0 Å². The maximum Gasteiger partial charge on any atom is 0.00671 e. The zero-order chi connectivity index (χ0) is 21.2. The van der Waals surface area contributed by atoms with Gasteiger partial charge in [0.05, 0.1) is 0 Å². The lowest BCUT2D eigenvalue weighted by Gasteiger charge is -2.61. The summed E-state index contributed by atoms with van der Waals surface area (Å²) in [5.74, 6) is 4.63. The summed E-state index contributed by atoms with van der Waals surface area (Å²) in [6.07, 6.45) is 13.1. The zero-order valence-corrected chi connectivity index (χ0v) is 19.9. The molecule has 31 heavy (non-hydrogen) atoms.